The standard InChI is InChI=1S/C27H24N6O10S2/c1-3-32-6-13(21(34)12-4-16-17(5-15(12)32)43-10-42-16)26(39)41-7-11-8-44-24-19(23(36)33(24)20(11)25(37)38)30-22(35)18(31-40-2)14-9-45-27(28)29-14/h4-6,9,19,24H,3,7-8,10H2,1-2H3,(H2,28,29)(H,30,35)(H,37,38)/b31-18+/t19-,24?/m1/s1. The maximum atomic E-state index is 13.3. The van der Waals surface area contributed by atoms with E-state index >= 15 is 0 Å². The van der Waals surface area contributed by atoms with Gasteiger partial charge in [0, 0.05) is 35.5 Å². The number of anilines is 1. The van der Waals surface area contributed by atoms with E-state index in [-0.39, 0.29) is 51.3 Å². The molecule has 0 aliphatic carbocycles. The molecule has 2 aromatic heterocycles. The molecule has 4 N–H and O–H groups in total. The molecular formula is C27H24N6O10S2. The van der Waals surface area contributed by atoms with Gasteiger partial charge in [-0.15, -0.1) is 23.1 Å². The van der Waals surface area contributed by atoms with E-state index in [1.54, 1.807) is 10.6 Å². The number of aliphatic carboxylic acids is 1. The number of carbonyl (C=O) groups is 4. The maximum Gasteiger partial charge on any atom is 0.352 e. The molecule has 45 heavy (non-hydrogen) atoms. The third-order valence-electron chi connectivity index (χ3n) is 7.21. The van der Waals surface area contributed by atoms with E-state index < -0.39 is 47.2 Å². The Morgan fingerprint density at radius 3 is 2.67 bits per heavy atom. The predicted octanol–water partition coefficient (Wildman–Crippen LogP) is 0.735. The summed E-state index contributed by atoms with van der Waals surface area (Å²) in [7, 11) is 1.24. The molecule has 3 aromatic rings. The minimum absolute atomic E-state index is 0.0126. The lowest BCUT2D eigenvalue weighted by Gasteiger charge is -2.49. The van der Waals surface area contributed by atoms with E-state index in [4.69, 9.17) is 24.8 Å². The first-order valence-electron chi connectivity index (χ1n) is 13.3. The summed E-state index contributed by atoms with van der Waals surface area (Å²) in [6.45, 7) is 1.79. The fourth-order valence-electron chi connectivity index (χ4n) is 5.11. The van der Waals surface area contributed by atoms with Crippen molar-refractivity contribution in [1.82, 2.24) is 19.8 Å². The number of thioether (sulfide) groups is 1. The molecule has 6 rings (SSSR count). The lowest BCUT2D eigenvalue weighted by molar-refractivity contribution is -0.150. The van der Waals surface area contributed by atoms with Gasteiger partial charge in [0.25, 0.3) is 11.8 Å². The molecule has 0 radical (unpaired) electrons. The van der Waals surface area contributed by atoms with Gasteiger partial charge < -0.3 is 39.8 Å². The molecule has 3 aliphatic rings. The number of fused-ring (bicyclic) bond motifs is 3. The third kappa shape index (κ3) is 5.20. The minimum atomic E-state index is -1.42. The van der Waals surface area contributed by atoms with Crippen molar-refractivity contribution in [3.05, 3.63) is 56.5 Å². The zero-order chi connectivity index (χ0) is 32.0. The number of amides is 2. The van der Waals surface area contributed by atoms with Gasteiger partial charge in [-0.3, -0.25) is 19.3 Å². The number of aromatic nitrogens is 2. The Labute approximate surface area is 261 Å². The molecule has 234 valence electrons. The number of hydrogen-bond donors (Lipinski definition) is 3. The van der Waals surface area contributed by atoms with Crippen molar-refractivity contribution in [3.8, 4) is 11.5 Å². The lowest BCUT2D eigenvalue weighted by Crippen LogP contribution is -2.71. The molecule has 18 heteroatoms. The second kappa shape index (κ2) is 11.8. The maximum absolute atomic E-state index is 13.3. The van der Waals surface area contributed by atoms with Gasteiger partial charge in [-0.2, -0.15) is 0 Å². The van der Waals surface area contributed by atoms with Crippen LogP contribution in [0, 0.1) is 0 Å². The summed E-state index contributed by atoms with van der Waals surface area (Å²) in [5.74, 6) is -2.90. The van der Waals surface area contributed by atoms with E-state index in [0.717, 1.165) is 16.2 Å². The number of esters is 1. The molecule has 0 bridgehead atoms. The van der Waals surface area contributed by atoms with E-state index in [9.17, 15) is 29.1 Å². The topological polar surface area (TPSA) is 214 Å². The highest BCUT2D eigenvalue weighted by molar-refractivity contribution is 8.00. The van der Waals surface area contributed by atoms with Gasteiger partial charge in [-0.1, -0.05) is 5.16 Å². The first-order chi connectivity index (χ1) is 21.6. The van der Waals surface area contributed by atoms with Crippen LogP contribution in [0.1, 0.15) is 23.0 Å². The average molecular weight is 657 g/mol. The number of aryl methyl sites for hydroxylation is 1. The van der Waals surface area contributed by atoms with E-state index in [0.29, 0.717) is 23.6 Å². The summed E-state index contributed by atoms with van der Waals surface area (Å²) in [6.07, 6.45) is 1.38. The van der Waals surface area contributed by atoms with Gasteiger partial charge in [0.05, 0.1) is 10.9 Å². The van der Waals surface area contributed by atoms with Gasteiger partial charge in [0.2, 0.25) is 12.2 Å². The number of β-lactam (4-membered cyclic amide) rings is 1. The average Bonchev–Trinajstić information content (AvgIpc) is 3.68. The molecule has 3 aliphatic heterocycles. The second-order valence-electron chi connectivity index (χ2n) is 9.77. The number of carbonyl (C=O) groups excluding carboxylic acids is 3. The number of carboxylic acids is 1. The van der Waals surface area contributed by atoms with Crippen LogP contribution in [0.3, 0.4) is 0 Å². The first kappa shape index (κ1) is 29.9. The van der Waals surface area contributed by atoms with Crippen molar-refractivity contribution in [2.45, 2.75) is 24.9 Å². The molecule has 0 saturated carbocycles. The van der Waals surface area contributed by atoms with Gasteiger partial charge in [-0.25, -0.2) is 14.6 Å². The van der Waals surface area contributed by atoms with E-state index in [1.165, 1.54) is 36.5 Å². The van der Waals surface area contributed by atoms with Gasteiger partial charge in [0.1, 0.15) is 42.1 Å². The Hall–Kier alpha value is -5.10. The van der Waals surface area contributed by atoms with E-state index in [1.807, 2.05) is 6.92 Å². The number of nitrogens with two attached hydrogens (primary N) is 1. The summed E-state index contributed by atoms with van der Waals surface area (Å²) < 4.78 is 17.9. The molecule has 1 saturated heterocycles. The molecule has 1 aromatic carbocycles. The molecule has 0 spiro atoms. The number of thiazole rings is 1. The largest absolute Gasteiger partial charge is 0.477 e. The summed E-state index contributed by atoms with van der Waals surface area (Å²) in [4.78, 5) is 74.6. The SMILES string of the molecule is CCn1cc(C(=O)OCC2=C(C(=O)O)N3C(=O)[C@@H](NC(=O)/C(=N/OC)c4csc(N)n4)C3SC2)c(=O)c2cc3c(cc21)OCO3. The van der Waals surface area contributed by atoms with Crippen molar-refractivity contribution < 1.29 is 43.3 Å². The number of pyridine rings is 1. The number of hydrogen-bond acceptors (Lipinski definition) is 14. The molecule has 2 amide bonds. The number of rotatable bonds is 9. The summed E-state index contributed by atoms with van der Waals surface area (Å²) in [5.41, 5.74) is 5.09. The lowest BCUT2D eigenvalue weighted by atomic mass is 10.0. The third-order valence-corrected chi connectivity index (χ3v) is 9.22. The van der Waals surface area contributed by atoms with Crippen LogP contribution in [0.25, 0.3) is 10.9 Å². The first-order valence-corrected chi connectivity index (χ1v) is 15.2. The second-order valence-corrected chi connectivity index (χ2v) is 11.8. The van der Waals surface area contributed by atoms with Crippen molar-refractivity contribution in [3.63, 3.8) is 0 Å². The fourth-order valence-corrected chi connectivity index (χ4v) is 6.99. The Morgan fingerprint density at radius 1 is 1.24 bits per heavy atom. The summed E-state index contributed by atoms with van der Waals surface area (Å²) in [5, 5.41) is 17.4. The molecule has 1 unspecified atom stereocenters. The quantitative estimate of drug-likeness (QED) is 0.126. The highest BCUT2D eigenvalue weighted by atomic mass is 32.2. The van der Waals surface area contributed by atoms with Gasteiger partial charge >= 0.3 is 11.9 Å². The Balaban J connectivity index is 1.20. The van der Waals surface area contributed by atoms with Crippen LogP contribution in [-0.2, 0) is 30.5 Å². The highest BCUT2D eigenvalue weighted by Crippen LogP contribution is 2.40. The monoisotopic (exact) mass is 656 g/mol. The van der Waals surface area contributed by atoms with Crippen LogP contribution in [0.15, 0.2) is 44.9 Å². The zero-order valence-electron chi connectivity index (χ0n) is 23.6. The normalized spacial score (nSPS) is 18.8. The zero-order valence-corrected chi connectivity index (χ0v) is 25.2. The smallest absolute Gasteiger partial charge is 0.352 e. The molecule has 5 heterocycles. The van der Waals surface area contributed by atoms with Crippen molar-refractivity contribution in [1.29, 1.82) is 0 Å². The summed E-state index contributed by atoms with van der Waals surface area (Å²) >= 11 is 2.26. The fraction of sp³-hybridized carbons (Fsp3) is 0.296. The van der Waals surface area contributed by atoms with Crippen LogP contribution in [0.4, 0.5) is 5.13 Å². The van der Waals surface area contributed by atoms with Crippen molar-refractivity contribution >= 4 is 68.6 Å². The number of oxime groups is 1. The van der Waals surface area contributed by atoms with Crippen LogP contribution < -0.4 is 26.0 Å². The van der Waals surface area contributed by atoms with Gasteiger partial charge in [0.15, 0.2) is 22.3 Å². The predicted molar refractivity (Wildman–Crippen MR) is 160 cm³/mol. The minimum Gasteiger partial charge on any atom is -0.477 e. The number of benzene rings is 1. The highest BCUT2D eigenvalue weighted by Gasteiger charge is 2.54. The number of carboxylic acid groups (broad SMARTS) is 1. The molecule has 16 nitrogen and oxygen atoms in total. The Kier molecular flexibility index (Phi) is 7.83. The molecule has 2 atom stereocenters. The van der Waals surface area contributed by atoms with E-state index in [2.05, 4.69) is 15.5 Å². The number of nitrogens with zero attached hydrogens (tertiary/aromatic N) is 4. The van der Waals surface area contributed by atoms with Gasteiger partial charge in [-0.05, 0) is 13.0 Å². The van der Waals surface area contributed by atoms with Crippen molar-refractivity contribution in [2.75, 3.05) is 32.0 Å². The Morgan fingerprint density at radius 2 is 2.00 bits per heavy atom. The number of nitrogen functional groups attached to an aromatic ring is 1. The number of ether oxygens (including phenoxy) is 3. The van der Waals surface area contributed by atoms with Crippen LogP contribution in [-0.4, -0.2) is 86.7 Å². The number of nitrogens with one attached hydrogen (secondary N) is 1. The summed E-state index contributed by atoms with van der Waals surface area (Å²) in [6, 6.07) is 2.10. The van der Waals surface area contributed by atoms with Crippen LogP contribution in [0.2, 0.25) is 0 Å². The molecular weight excluding hydrogens is 632 g/mol. The van der Waals surface area contributed by atoms with Crippen LogP contribution in [0.5, 0.6) is 11.5 Å². The van der Waals surface area contributed by atoms with Crippen LogP contribution >= 0.6 is 23.1 Å². The van der Waals surface area contributed by atoms with Crippen molar-refractivity contribution in [2.24, 2.45) is 5.16 Å². The molecule has 1 fully saturated rings. The Bertz CT molecular complexity index is 1900.